The summed E-state index contributed by atoms with van der Waals surface area (Å²) in [6.07, 6.45) is 0. The average Bonchev–Trinajstić information content (AvgIpc) is 2.98. The minimum atomic E-state index is -3.81. The van der Waals surface area contributed by atoms with Gasteiger partial charge in [0, 0.05) is 13.2 Å². The monoisotopic (exact) mass is 420 g/mol. The number of ether oxygens (including phenoxy) is 2. The topological polar surface area (TPSA) is 69.9 Å². The number of sulfonamides is 1. The molecule has 0 spiro atoms. The SMILES string of the molecule is CCOCCn1c(=NS(=O)(=O)c2ccc(C)cc2)sc2cc(OCC)ccc21. The van der Waals surface area contributed by atoms with Gasteiger partial charge in [-0.05, 0) is 51.1 Å². The quantitative estimate of drug-likeness (QED) is 0.521. The smallest absolute Gasteiger partial charge is 0.285 e. The van der Waals surface area contributed by atoms with E-state index in [0.29, 0.717) is 31.2 Å². The number of aromatic nitrogens is 1. The Morgan fingerprint density at radius 2 is 1.82 bits per heavy atom. The van der Waals surface area contributed by atoms with Crippen molar-refractivity contribution in [3.63, 3.8) is 0 Å². The van der Waals surface area contributed by atoms with Crippen LogP contribution in [0.2, 0.25) is 0 Å². The van der Waals surface area contributed by atoms with E-state index in [1.807, 2.05) is 43.5 Å². The third kappa shape index (κ3) is 4.63. The average molecular weight is 421 g/mol. The molecule has 0 unspecified atom stereocenters. The van der Waals surface area contributed by atoms with Crippen molar-refractivity contribution >= 4 is 31.6 Å². The Labute approximate surface area is 169 Å². The minimum absolute atomic E-state index is 0.182. The molecule has 0 atom stereocenters. The van der Waals surface area contributed by atoms with Gasteiger partial charge >= 0.3 is 0 Å². The molecule has 0 bridgehead atoms. The van der Waals surface area contributed by atoms with Crippen LogP contribution in [0.15, 0.2) is 51.8 Å². The number of hydrogen-bond acceptors (Lipinski definition) is 5. The largest absolute Gasteiger partial charge is 0.494 e. The molecule has 0 saturated carbocycles. The predicted molar refractivity (Wildman–Crippen MR) is 111 cm³/mol. The summed E-state index contributed by atoms with van der Waals surface area (Å²) < 4.78 is 43.6. The Morgan fingerprint density at radius 1 is 1.07 bits per heavy atom. The lowest BCUT2D eigenvalue weighted by Crippen LogP contribution is -2.19. The fourth-order valence-corrected chi connectivity index (χ4v) is 5.05. The summed E-state index contributed by atoms with van der Waals surface area (Å²) in [5, 5.41) is 0. The number of rotatable bonds is 8. The second-order valence-electron chi connectivity index (χ2n) is 6.18. The fourth-order valence-electron chi connectivity index (χ4n) is 2.76. The zero-order valence-electron chi connectivity index (χ0n) is 16.2. The van der Waals surface area contributed by atoms with Gasteiger partial charge in [-0.15, -0.1) is 4.40 Å². The van der Waals surface area contributed by atoms with E-state index in [1.54, 1.807) is 24.3 Å². The number of thiazole rings is 1. The Morgan fingerprint density at radius 3 is 2.50 bits per heavy atom. The molecule has 0 radical (unpaired) electrons. The number of benzene rings is 2. The molecule has 3 rings (SSSR count). The van der Waals surface area contributed by atoms with Crippen LogP contribution in [0.3, 0.4) is 0 Å². The van der Waals surface area contributed by atoms with E-state index in [1.165, 1.54) is 11.3 Å². The van der Waals surface area contributed by atoms with Crippen LogP contribution in [0.25, 0.3) is 10.2 Å². The van der Waals surface area contributed by atoms with Crippen LogP contribution in [0.5, 0.6) is 5.75 Å². The number of nitrogens with zero attached hydrogens (tertiary/aromatic N) is 2. The van der Waals surface area contributed by atoms with E-state index in [0.717, 1.165) is 21.5 Å². The molecule has 0 aliphatic heterocycles. The minimum Gasteiger partial charge on any atom is -0.494 e. The molecule has 28 heavy (non-hydrogen) atoms. The highest BCUT2D eigenvalue weighted by molar-refractivity contribution is 7.90. The molecule has 0 amide bonds. The molecule has 0 aliphatic rings. The zero-order valence-corrected chi connectivity index (χ0v) is 17.8. The molecule has 0 fully saturated rings. The van der Waals surface area contributed by atoms with Crippen LogP contribution in [-0.4, -0.2) is 32.8 Å². The van der Waals surface area contributed by atoms with E-state index in [9.17, 15) is 8.42 Å². The second kappa shape index (κ2) is 8.89. The van der Waals surface area contributed by atoms with Crippen LogP contribution in [0, 0.1) is 6.92 Å². The summed E-state index contributed by atoms with van der Waals surface area (Å²) in [6.45, 7) is 7.94. The van der Waals surface area contributed by atoms with Crippen molar-refractivity contribution in [2.24, 2.45) is 4.40 Å². The van der Waals surface area contributed by atoms with Crippen molar-refractivity contribution in [1.82, 2.24) is 4.57 Å². The van der Waals surface area contributed by atoms with Crippen LogP contribution >= 0.6 is 11.3 Å². The normalized spacial score (nSPS) is 12.6. The molecular weight excluding hydrogens is 396 g/mol. The highest BCUT2D eigenvalue weighted by Gasteiger charge is 2.15. The van der Waals surface area contributed by atoms with Crippen LogP contribution in [0.4, 0.5) is 0 Å². The molecule has 8 heteroatoms. The van der Waals surface area contributed by atoms with E-state index in [2.05, 4.69) is 4.40 Å². The lowest BCUT2D eigenvalue weighted by Gasteiger charge is -2.07. The Hall–Kier alpha value is -2.16. The molecule has 0 N–H and O–H groups in total. The fraction of sp³-hybridized carbons (Fsp3) is 0.350. The summed E-state index contributed by atoms with van der Waals surface area (Å²) in [6, 6.07) is 12.4. The van der Waals surface area contributed by atoms with Crippen molar-refractivity contribution in [2.45, 2.75) is 32.2 Å². The Kier molecular flexibility index (Phi) is 6.53. The molecular formula is C20H24N2O4S2. The van der Waals surface area contributed by atoms with Crippen LogP contribution in [-0.2, 0) is 21.3 Å². The van der Waals surface area contributed by atoms with Gasteiger partial charge in [-0.25, -0.2) is 0 Å². The van der Waals surface area contributed by atoms with Crippen molar-refractivity contribution in [3.8, 4) is 5.75 Å². The molecule has 150 valence electrons. The van der Waals surface area contributed by atoms with E-state index >= 15 is 0 Å². The van der Waals surface area contributed by atoms with Gasteiger partial charge in [-0.2, -0.15) is 8.42 Å². The lowest BCUT2D eigenvalue weighted by atomic mass is 10.2. The maximum absolute atomic E-state index is 12.8. The van der Waals surface area contributed by atoms with Gasteiger partial charge in [0.25, 0.3) is 10.0 Å². The third-order valence-electron chi connectivity index (χ3n) is 4.15. The molecule has 3 aromatic rings. The molecule has 1 aromatic heterocycles. The van der Waals surface area contributed by atoms with Crippen molar-refractivity contribution < 1.29 is 17.9 Å². The first kappa shape index (κ1) is 20.6. The predicted octanol–water partition coefficient (Wildman–Crippen LogP) is 3.74. The van der Waals surface area contributed by atoms with E-state index < -0.39 is 10.0 Å². The van der Waals surface area contributed by atoms with E-state index in [4.69, 9.17) is 9.47 Å². The maximum atomic E-state index is 12.8. The van der Waals surface area contributed by atoms with Crippen LogP contribution in [0.1, 0.15) is 19.4 Å². The van der Waals surface area contributed by atoms with Crippen molar-refractivity contribution in [1.29, 1.82) is 0 Å². The van der Waals surface area contributed by atoms with Gasteiger partial charge in [-0.1, -0.05) is 29.0 Å². The molecule has 2 aromatic carbocycles. The first-order valence-corrected chi connectivity index (χ1v) is 11.4. The van der Waals surface area contributed by atoms with E-state index in [-0.39, 0.29) is 4.90 Å². The third-order valence-corrected chi connectivity index (χ3v) is 6.58. The standard InChI is InChI=1S/C20H24N2O4S2/c1-4-25-13-12-22-18-11-8-16(26-5-2)14-19(18)27-20(22)21-28(23,24)17-9-6-15(3)7-10-17/h6-11,14H,4-5,12-13H2,1-3H3. The van der Waals surface area contributed by atoms with Gasteiger partial charge in [0.2, 0.25) is 4.80 Å². The Bertz CT molecular complexity index is 1110. The lowest BCUT2D eigenvalue weighted by molar-refractivity contribution is 0.139. The first-order chi connectivity index (χ1) is 13.4. The molecule has 0 saturated heterocycles. The zero-order chi connectivity index (χ0) is 20.1. The summed E-state index contributed by atoms with van der Waals surface area (Å²) in [7, 11) is -3.81. The first-order valence-electron chi connectivity index (χ1n) is 9.16. The second-order valence-corrected chi connectivity index (χ2v) is 8.79. The summed E-state index contributed by atoms with van der Waals surface area (Å²) in [5.41, 5.74) is 1.90. The molecule has 6 nitrogen and oxygen atoms in total. The number of aryl methyl sites for hydroxylation is 1. The van der Waals surface area contributed by atoms with Gasteiger partial charge < -0.3 is 14.0 Å². The van der Waals surface area contributed by atoms with Gasteiger partial charge in [0.15, 0.2) is 0 Å². The number of fused-ring (bicyclic) bond motifs is 1. The summed E-state index contributed by atoms with van der Waals surface area (Å²) >= 11 is 1.33. The highest BCUT2D eigenvalue weighted by Crippen LogP contribution is 2.24. The molecule has 0 aliphatic carbocycles. The summed E-state index contributed by atoms with van der Waals surface area (Å²) in [4.78, 5) is 0.603. The van der Waals surface area contributed by atoms with Crippen LogP contribution < -0.4 is 9.54 Å². The van der Waals surface area contributed by atoms with Gasteiger partial charge in [-0.3, -0.25) is 0 Å². The van der Waals surface area contributed by atoms with Gasteiger partial charge in [0.1, 0.15) is 5.75 Å². The maximum Gasteiger partial charge on any atom is 0.285 e. The molecule has 1 heterocycles. The Balaban J connectivity index is 2.12. The van der Waals surface area contributed by atoms with Gasteiger partial charge in [0.05, 0.1) is 28.3 Å². The summed E-state index contributed by atoms with van der Waals surface area (Å²) in [5.74, 6) is 0.751. The highest BCUT2D eigenvalue weighted by atomic mass is 32.2. The van der Waals surface area contributed by atoms with Crippen molar-refractivity contribution in [3.05, 3.63) is 52.8 Å². The number of hydrogen-bond donors (Lipinski definition) is 0. The van der Waals surface area contributed by atoms with Crippen molar-refractivity contribution in [2.75, 3.05) is 19.8 Å².